The van der Waals surface area contributed by atoms with Gasteiger partial charge in [0.15, 0.2) is 0 Å². The molecule has 30 heavy (non-hydrogen) atoms. The highest BCUT2D eigenvalue weighted by Gasteiger charge is 2.25. The van der Waals surface area contributed by atoms with Gasteiger partial charge in [-0.3, -0.25) is 13.9 Å². The second-order valence-corrected chi connectivity index (χ2v) is 7.77. The number of rotatable bonds is 5. The molecule has 2 aromatic heterocycles. The van der Waals surface area contributed by atoms with Crippen LogP contribution in [0.5, 0.6) is 6.01 Å². The van der Waals surface area contributed by atoms with Crippen molar-refractivity contribution in [2.45, 2.75) is 13.2 Å². The van der Waals surface area contributed by atoms with Gasteiger partial charge in [-0.2, -0.15) is 9.55 Å². The van der Waals surface area contributed by atoms with Crippen LogP contribution in [0.3, 0.4) is 0 Å². The van der Waals surface area contributed by atoms with E-state index in [9.17, 15) is 9.59 Å². The van der Waals surface area contributed by atoms with E-state index in [-0.39, 0.29) is 13.2 Å². The second-order valence-electron chi connectivity index (χ2n) is 6.93. The lowest BCUT2D eigenvalue weighted by atomic mass is 10.2. The number of hydrogen-bond donors (Lipinski definition) is 1. The molecule has 154 valence electrons. The molecule has 2 aromatic carbocycles. The molecule has 4 rings (SSSR count). The largest absolute Gasteiger partial charge is 0.456 e. The van der Waals surface area contributed by atoms with Crippen molar-refractivity contribution in [1.29, 1.82) is 0 Å². The summed E-state index contributed by atoms with van der Waals surface area (Å²) in [4.78, 5) is 29.0. The van der Waals surface area contributed by atoms with Crippen LogP contribution in [0.15, 0.2) is 58.1 Å². The molecule has 7 nitrogen and oxygen atoms in total. The predicted molar refractivity (Wildman–Crippen MR) is 115 cm³/mol. The molecule has 0 aliphatic heterocycles. The molecular formula is C21H19Cl2N4O3+. The monoisotopic (exact) mass is 445 g/mol. The third-order valence-electron chi connectivity index (χ3n) is 4.97. The summed E-state index contributed by atoms with van der Waals surface area (Å²) in [6.07, 6.45) is 0. The maximum Gasteiger partial charge on any atom is 0.456 e. The molecular weight excluding hydrogens is 427 g/mol. The van der Waals surface area contributed by atoms with Crippen LogP contribution in [0.25, 0.3) is 11.2 Å². The van der Waals surface area contributed by atoms with Gasteiger partial charge in [0.25, 0.3) is 11.2 Å². The Morgan fingerprint density at radius 2 is 1.77 bits per heavy atom. The van der Waals surface area contributed by atoms with Gasteiger partial charge in [0, 0.05) is 22.7 Å². The fourth-order valence-corrected chi connectivity index (χ4v) is 3.61. The van der Waals surface area contributed by atoms with E-state index in [1.54, 1.807) is 49.0 Å². The van der Waals surface area contributed by atoms with Crippen LogP contribution in [0.1, 0.15) is 11.1 Å². The van der Waals surface area contributed by atoms with Crippen molar-refractivity contribution in [3.05, 3.63) is 90.5 Å². The van der Waals surface area contributed by atoms with Gasteiger partial charge in [-0.25, -0.2) is 4.79 Å². The summed E-state index contributed by atoms with van der Waals surface area (Å²) < 4.78 is 10.0. The molecule has 4 aromatic rings. The number of aryl methyl sites for hydroxylation is 2. The molecule has 0 bridgehead atoms. The molecule has 0 saturated carbocycles. The van der Waals surface area contributed by atoms with Crippen molar-refractivity contribution in [3.8, 4) is 6.01 Å². The van der Waals surface area contributed by atoms with Gasteiger partial charge < -0.3 is 4.74 Å². The molecule has 0 fully saturated rings. The molecule has 0 amide bonds. The number of benzene rings is 2. The predicted octanol–water partition coefficient (Wildman–Crippen LogP) is 2.79. The number of aromatic nitrogens is 4. The van der Waals surface area contributed by atoms with E-state index in [0.29, 0.717) is 27.2 Å². The highest BCUT2D eigenvalue weighted by atomic mass is 35.5. The number of imidazole rings is 1. The first-order chi connectivity index (χ1) is 14.4. The van der Waals surface area contributed by atoms with Crippen LogP contribution < -0.4 is 20.6 Å². The Morgan fingerprint density at radius 3 is 2.47 bits per heavy atom. The van der Waals surface area contributed by atoms with Crippen LogP contribution >= 0.6 is 23.2 Å². The SMILES string of the molecule is Cn1c(=O)n(Cc2ccc(Cl)cc2)c(=O)c2c1[nH]c(OCc1ccccc1Cl)[n+]2C. The molecule has 0 spiro atoms. The molecule has 0 saturated heterocycles. The summed E-state index contributed by atoms with van der Waals surface area (Å²) in [5.41, 5.74) is 1.49. The minimum Gasteiger partial charge on any atom is -0.426 e. The quantitative estimate of drug-likeness (QED) is 0.480. The summed E-state index contributed by atoms with van der Waals surface area (Å²) in [7, 11) is 3.32. The number of H-pyrrole nitrogens is 1. The van der Waals surface area contributed by atoms with Crippen molar-refractivity contribution >= 4 is 34.4 Å². The Labute approximate surface area is 181 Å². The first-order valence-corrected chi connectivity index (χ1v) is 9.94. The lowest BCUT2D eigenvalue weighted by molar-refractivity contribution is -0.652. The highest BCUT2D eigenvalue weighted by molar-refractivity contribution is 6.31. The minimum atomic E-state index is -0.429. The van der Waals surface area contributed by atoms with E-state index in [1.807, 2.05) is 18.2 Å². The molecule has 9 heteroatoms. The molecule has 0 atom stereocenters. The van der Waals surface area contributed by atoms with Crippen molar-refractivity contribution in [2.24, 2.45) is 14.1 Å². The van der Waals surface area contributed by atoms with Crippen LogP contribution in [-0.4, -0.2) is 14.1 Å². The normalized spacial score (nSPS) is 11.2. The van der Waals surface area contributed by atoms with E-state index >= 15 is 0 Å². The zero-order valence-corrected chi connectivity index (χ0v) is 17.9. The molecule has 0 unspecified atom stereocenters. The van der Waals surface area contributed by atoms with E-state index in [0.717, 1.165) is 11.1 Å². The topological polar surface area (TPSA) is 72.9 Å². The van der Waals surface area contributed by atoms with Crippen LogP contribution in [0.2, 0.25) is 10.0 Å². The van der Waals surface area contributed by atoms with Crippen molar-refractivity contribution in [1.82, 2.24) is 14.1 Å². The number of halogens is 2. The zero-order valence-electron chi connectivity index (χ0n) is 16.4. The van der Waals surface area contributed by atoms with Crippen LogP contribution in [0, 0.1) is 0 Å². The lowest BCUT2D eigenvalue weighted by Gasteiger charge is -2.07. The van der Waals surface area contributed by atoms with Crippen LogP contribution in [-0.2, 0) is 27.2 Å². The summed E-state index contributed by atoms with van der Waals surface area (Å²) >= 11 is 12.1. The Hall–Kier alpha value is -3.03. The second kappa shape index (κ2) is 8.01. The zero-order chi connectivity index (χ0) is 21.4. The third-order valence-corrected chi connectivity index (χ3v) is 5.59. The maximum absolute atomic E-state index is 13.1. The van der Waals surface area contributed by atoms with Crippen molar-refractivity contribution in [2.75, 3.05) is 0 Å². The first kappa shape index (κ1) is 20.3. The van der Waals surface area contributed by atoms with Gasteiger partial charge >= 0.3 is 17.3 Å². The van der Waals surface area contributed by atoms with Gasteiger partial charge in [0.1, 0.15) is 6.61 Å². The van der Waals surface area contributed by atoms with Gasteiger partial charge in [-0.1, -0.05) is 53.5 Å². The molecule has 0 radical (unpaired) electrons. The molecule has 0 aliphatic carbocycles. The Bertz CT molecular complexity index is 1350. The first-order valence-electron chi connectivity index (χ1n) is 9.19. The summed E-state index contributed by atoms with van der Waals surface area (Å²) in [5, 5.41) is 1.18. The van der Waals surface area contributed by atoms with E-state index in [2.05, 4.69) is 4.98 Å². The van der Waals surface area contributed by atoms with Crippen LogP contribution in [0.4, 0.5) is 0 Å². The Morgan fingerprint density at radius 1 is 1.07 bits per heavy atom. The van der Waals surface area contributed by atoms with E-state index < -0.39 is 11.2 Å². The lowest BCUT2D eigenvalue weighted by Crippen LogP contribution is -2.43. The third kappa shape index (κ3) is 3.62. The van der Waals surface area contributed by atoms with Gasteiger partial charge in [-0.05, 0) is 23.8 Å². The average Bonchev–Trinajstić information content (AvgIpc) is 3.07. The van der Waals surface area contributed by atoms with E-state index in [1.165, 1.54) is 9.13 Å². The highest BCUT2D eigenvalue weighted by Crippen LogP contribution is 2.17. The molecule has 1 N–H and O–H groups in total. The van der Waals surface area contributed by atoms with Gasteiger partial charge in [0.2, 0.25) is 0 Å². The molecule has 2 heterocycles. The van der Waals surface area contributed by atoms with Gasteiger partial charge in [-0.15, -0.1) is 0 Å². The number of aromatic amines is 1. The number of nitrogens with zero attached hydrogens (tertiary/aromatic N) is 3. The number of fused-ring (bicyclic) bond motifs is 1. The average molecular weight is 446 g/mol. The van der Waals surface area contributed by atoms with Gasteiger partial charge in [0.05, 0.1) is 13.6 Å². The van der Waals surface area contributed by atoms with Crippen molar-refractivity contribution < 1.29 is 9.30 Å². The maximum atomic E-state index is 13.1. The fourth-order valence-electron chi connectivity index (χ4n) is 3.29. The Kier molecular flexibility index (Phi) is 5.40. The Balaban J connectivity index is 1.75. The summed E-state index contributed by atoms with van der Waals surface area (Å²) in [6.45, 7) is 0.354. The van der Waals surface area contributed by atoms with Crippen molar-refractivity contribution in [3.63, 3.8) is 0 Å². The number of hydrogen-bond acceptors (Lipinski definition) is 3. The fraction of sp³-hybridized carbons (Fsp3) is 0.190. The standard InChI is InChI=1S/C21H18Cl2N4O3/c1-25-17-18(24-20(25)30-12-14-5-3-4-6-16(14)23)26(2)21(29)27(19(17)28)11-13-7-9-15(22)10-8-13/h3-10H,11-12H2,1-2H3/p+1. The summed E-state index contributed by atoms with van der Waals surface area (Å²) in [6, 6.07) is 14.7. The summed E-state index contributed by atoms with van der Waals surface area (Å²) in [5.74, 6) is 0. The smallest absolute Gasteiger partial charge is 0.426 e. The molecule has 0 aliphatic rings. The minimum absolute atomic E-state index is 0.139. The van der Waals surface area contributed by atoms with E-state index in [4.69, 9.17) is 27.9 Å². The number of ether oxygens (including phenoxy) is 1. The number of nitrogens with one attached hydrogen (secondary N) is 1.